The van der Waals surface area contributed by atoms with Crippen LogP contribution in [0.1, 0.15) is 52.5 Å². The van der Waals surface area contributed by atoms with Crippen molar-refractivity contribution < 1.29 is 14.7 Å². The Morgan fingerprint density at radius 1 is 1.24 bits per heavy atom. The minimum atomic E-state index is -1.00. The van der Waals surface area contributed by atoms with Crippen LogP contribution in [0.2, 0.25) is 0 Å². The van der Waals surface area contributed by atoms with Gasteiger partial charge in [-0.2, -0.15) is 5.21 Å². The molecule has 1 aromatic carbocycles. The highest BCUT2D eigenvalue weighted by Crippen LogP contribution is 2.26. The summed E-state index contributed by atoms with van der Waals surface area (Å²) in [4.78, 5) is 26.3. The quantitative estimate of drug-likeness (QED) is 0.459. The van der Waals surface area contributed by atoms with E-state index in [0.29, 0.717) is 12.2 Å². The molecule has 0 fully saturated rings. The van der Waals surface area contributed by atoms with Crippen LogP contribution in [-0.4, -0.2) is 55.1 Å². The Balaban J connectivity index is 2.36. The topological polar surface area (TPSA) is 112 Å². The predicted molar refractivity (Wildman–Crippen MR) is 129 cm³/mol. The van der Waals surface area contributed by atoms with Gasteiger partial charge in [-0.05, 0) is 41.2 Å². The van der Waals surface area contributed by atoms with Crippen molar-refractivity contribution in [1.82, 2.24) is 25.5 Å². The number of carboxylic acid groups (broad SMARTS) is 1. The molecular formula is C25H33N5O3. The third-order valence-corrected chi connectivity index (χ3v) is 5.39. The molecule has 1 amide bonds. The molecule has 0 radical (unpaired) electrons. The lowest BCUT2D eigenvalue weighted by molar-refractivity contribution is -0.151. The monoisotopic (exact) mass is 451 g/mol. The minimum Gasteiger partial charge on any atom is -0.480 e. The zero-order valence-electron chi connectivity index (χ0n) is 19.8. The smallest absolute Gasteiger partial charge is 0.326 e. The highest BCUT2D eigenvalue weighted by Gasteiger charge is 2.32. The van der Waals surface area contributed by atoms with Gasteiger partial charge in [0.15, 0.2) is 0 Å². The molecule has 0 aliphatic heterocycles. The second-order valence-electron chi connectivity index (χ2n) is 8.23. The number of nitrogens with zero attached hydrogens (tertiary/aromatic N) is 4. The Morgan fingerprint density at radius 2 is 1.97 bits per heavy atom. The lowest BCUT2D eigenvalue weighted by atomic mass is 9.99. The van der Waals surface area contributed by atoms with Crippen LogP contribution in [0.15, 0.2) is 54.6 Å². The number of benzene rings is 1. The number of H-pyrrole nitrogens is 1. The molecule has 1 atom stereocenters. The number of nitrogens with one attached hydrogen (secondary N) is 1. The number of aromatic amines is 1. The van der Waals surface area contributed by atoms with Gasteiger partial charge in [-0.25, -0.2) is 4.79 Å². The molecule has 33 heavy (non-hydrogen) atoms. The molecule has 2 N–H and O–H groups in total. The SMILES string of the molecule is C=C/C(=C\C=C(/C)c1ccccc1-c1nn[nH]n1)CN(C(=O)CCCC)[C@H](C(=O)O)C(C)C. The largest absolute Gasteiger partial charge is 0.480 e. The lowest BCUT2D eigenvalue weighted by Gasteiger charge is -2.32. The zero-order valence-corrected chi connectivity index (χ0v) is 19.8. The molecule has 1 heterocycles. The van der Waals surface area contributed by atoms with Crippen LogP contribution in [0.25, 0.3) is 17.0 Å². The Morgan fingerprint density at radius 3 is 2.55 bits per heavy atom. The van der Waals surface area contributed by atoms with Crippen molar-refractivity contribution in [3.05, 3.63) is 60.2 Å². The molecule has 0 aliphatic rings. The zero-order chi connectivity index (χ0) is 24.4. The highest BCUT2D eigenvalue weighted by molar-refractivity contribution is 5.84. The van der Waals surface area contributed by atoms with Gasteiger partial charge in [0.05, 0.1) is 0 Å². The predicted octanol–water partition coefficient (Wildman–Crippen LogP) is 4.51. The van der Waals surface area contributed by atoms with Crippen molar-refractivity contribution in [1.29, 1.82) is 0 Å². The van der Waals surface area contributed by atoms with Crippen LogP contribution in [0, 0.1) is 5.92 Å². The van der Waals surface area contributed by atoms with Crippen molar-refractivity contribution in [2.24, 2.45) is 5.92 Å². The molecule has 176 valence electrons. The molecule has 8 heteroatoms. The number of carbonyl (C=O) groups excluding carboxylic acids is 1. The van der Waals surface area contributed by atoms with Crippen molar-refractivity contribution in [2.45, 2.75) is 53.0 Å². The molecule has 0 saturated heterocycles. The van der Waals surface area contributed by atoms with Gasteiger partial charge in [0.1, 0.15) is 6.04 Å². The van der Waals surface area contributed by atoms with E-state index in [0.717, 1.165) is 35.1 Å². The van der Waals surface area contributed by atoms with E-state index < -0.39 is 12.0 Å². The minimum absolute atomic E-state index is 0.158. The maximum atomic E-state index is 12.9. The second kappa shape index (κ2) is 12.5. The number of hydrogen-bond donors (Lipinski definition) is 2. The second-order valence-corrected chi connectivity index (χ2v) is 8.23. The molecule has 0 bridgehead atoms. The van der Waals surface area contributed by atoms with Crippen LogP contribution in [0.3, 0.4) is 0 Å². The summed E-state index contributed by atoms with van der Waals surface area (Å²) in [5, 5.41) is 24.0. The first kappa shape index (κ1) is 25.7. The molecule has 0 unspecified atom stereocenters. The molecule has 8 nitrogen and oxygen atoms in total. The van der Waals surface area contributed by atoms with E-state index in [-0.39, 0.29) is 18.4 Å². The average molecular weight is 452 g/mol. The van der Waals surface area contributed by atoms with E-state index in [1.165, 1.54) is 4.90 Å². The number of rotatable bonds is 12. The molecule has 0 saturated carbocycles. The fourth-order valence-electron chi connectivity index (χ4n) is 3.59. The summed E-state index contributed by atoms with van der Waals surface area (Å²) >= 11 is 0. The van der Waals surface area contributed by atoms with Crippen molar-refractivity contribution in [3.63, 3.8) is 0 Å². The van der Waals surface area contributed by atoms with Crippen LogP contribution in [-0.2, 0) is 9.59 Å². The summed E-state index contributed by atoms with van der Waals surface area (Å²) in [5.74, 6) is -0.883. The Labute approximate surface area is 195 Å². The van der Waals surface area contributed by atoms with Crippen molar-refractivity contribution >= 4 is 17.4 Å². The van der Waals surface area contributed by atoms with Crippen molar-refractivity contribution in [2.75, 3.05) is 6.54 Å². The highest BCUT2D eigenvalue weighted by atomic mass is 16.4. The van der Waals surface area contributed by atoms with Gasteiger partial charge in [-0.1, -0.05) is 76.3 Å². The van der Waals surface area contributed by atoms with Crippen molar-refractivity contribution in [3.8, 4) is 11.4 Å². The van der Waals surface area contributed by atoms with Crippen LogP contribution in [0.5, 0.6) is 0 Å². The number of amides is 1. The normalized spacial score (nSPS) is 13.1. The van der Waals surface area contributed by atoms with E-state index in [1.54, 1.807) is 6.08 Å². The van der Waals surface area contributed by atoms with Gasteiger partial charge >= 0.3 is 5.97 Å². The van der Waals surface area contributed by atoms with E-state index in [1.807, 2.05) is 64.1 Å². The fraction of sp³-hybridized carbons (Fsp3) is 0.400. The van der Waals surface area contributed by atoms with Crippen LogP contribution < -0.4 is 0 Å². The Kier molecular flexibility index (Phi) is 9.72. The molecule has 2 rings (SSSR count). The molecule has 0 spiro atoms. The van der Waals surface area contributed by atoms with Gasteiger partial charge in [0.2, 0.25) is 11.7 Å². The molecule has 0 aliphatic carbocycles. The first-order valence-corrected chi connectivity index (χ1v) is 11.2. The van der Waals surface area contributed by atoms with Crippen LogP contribution >= 0.6 is 0 Å². The lowest BCUT2D eigenvalue weighted by Crippen LogP contribution is -2.48. The first-order chi connectivity index (χ1) is 15.8. The summed E-state index contributed by atoms with van der Waals surface area (Å²) in [6.07, 6.45) is 7.37. The maximum absolute atomic E-state index is 12.9. The standard InChI is InChI=1S/C25H33N5O3/c1-6-8-13-22(31)30(23(17(3)4)25(32)33)16-19(7-2)15-14-18(5)20-11-9-10-12-21(20)24-26-28-29-27-24/h7,9-12,14-15,17,23H,2,6,8,13,16H2,1,3-5H3,(H,32,33)(H,26,27,28,29)/b18-14+,19-15+/t23-/m0/s1. The maximum Gasteiger partial charge on any atom is 0.326 e. The number of unbranched alkanes of at least 4 members (excludes halogenated alkanes) is 1. The molecule has 1 aromatic heterocycles. The Bertz CT molecular complexity index is 1010. The fourth-order valence-corrected chi connectivity index (χ4v) is 3.59. The number of tetrazole rings is 1. The van der Waals surface area contributed by atoms with Gasteiger partial charge in [0, 0.05) is 18.5 Å². The van der Waals surface area contributed by atoms with E-state index in [2.05, 4.69) is 27.2 Å². The van der Waals surface area contributed by atoms with Crippen LogP contribution in [0.4, 0.5) is 0 Å². The number of carboxylic acids is 1. The first-order valence-electron chi connectivity index (χ1n) is 11.2. The number of aliphatic carboxylic acids is 1. The van der Waals surface area contributed by atoms with Gasteiger partial charge in [-0.3, -0.25) is 4.79 Å². The van der Waals surface area contributed by atoms with E-state index in [9.17, 15) is 14.7 Å². The summed E-state index contributed by atoms with van der Waals surface area (Å²) in [7, 11) is 0. The number of hydrogen-bond acceptors (Lipinski definition) is 5. The third kappa shape index (κ3) is 6.97. The summed E-state index contributed by atoms with van der Waals surface area (Å²) < 4.78 is 0. The molecule has 2 aromatic rings. The summed E-state index contributed by atoms with van der Waals surface area (Å²) in [6.45, 7) is 11.7. The number of aromatic nitrogens is 4. The summed E-state index contributed by atoms with van der Waals surface area (Å²) in [6, 6.07) is 6.83. The number of carbonyl (C=O) groups is 2. The summed E-state index contributed by atoms with van der Waals surface area (Å²) in [5.41, 5.74) is 3.50. The van der Waals surface area contributed by atoms with Gasteiger partial charge < -0.3 is 10.0 Å². The van der Waals surface area contributed by atoms with E-state index >= 15 is 0 Å². The third-order valence-electron chi connectivity index (χ3n) is 5.39. The molecular weight excluding hydrogens is 418 g/mol. The van der Waals surface area contributed by atoms with E-state index in [4.69, 9.17) is 0 Å². The Hall–Kier alpha value is -3.55. The van der Waals surface area contributed by atoms with Gasteiger partial charge in [0.25, 0.3) is 0 Å². The van der Waals surface area contributed by atoms with Gasteiger partial charge in [-0.15, -0.1) is 10.2 Å². The number of allylic oxidation sites excluding steroid dienone is 3. The average Bonchev–Trinajstić information content (AvgIpc) is 3.33.